The summed E-state index contributed by atoms with van der Waals surface area (Å²) in [5.41, 5.74) is 0.949. The summed E-state index contributed by atoms with van der Waals surface area (Å²) in [6.45, 7) is 8.14. The Labute approximate surface area is 154 Å². The summed E-state index contributed by atoms with van der Waals surface area (Å²) in [6, 6.07) is 4.13. The van der Waals surface area contributed by atoms with Crippen LogP contribution in [0.4, 0.5) is 0 Å². The van der Waals surface area contributed by atoms with Gasteiger partial charge in [0.25, 0.3) is 0 Å². The molecule has 3 unspecified atom stereocenters. The number of piperidine rings is 1. The van der Waals surface area contributed by atoms with Gasteiger partial charge in [0.05, 0.1) is 16.8 Å². The normalized spacial score (nSPS) is 22.5. The van der Waals surface area contributed by atoms with Crippen LogP contribution in [0.15, 0.2) is 31.0 Å². The molecule has 2 rings (SSSR count). The first kappa shape index (κ1) is 19.3. The van der Waals surface area contributed by atoms with Crippen molar-refractivity contribution in [1.29, 1.82) is 0 Å². The van der Waals surface area contributed by atoms with Gasteiger partial charge in [-0.25, -0.2) is 0 Å². The Morgan fingerprint density at radius 2 is 2.25 bits per heavy atom. The number of aromatic nitrogens is 1. The number of halogens is 1. The average Bonchev–Trinajstić information content (AvgIpc) is 2.59. The van der Waals surface area contributed by atoms with Gasteiger partial charge in [-0.2, -0.15) is 11.8 Å². The summed E-state index contributed by atoms with van der Waals surface area (Å²) < 4.78 is 0. The number of thioether (sulfide) groups is 1. The first-order valence-electron chi connectivity index (χ1n) is 8.74. The van der Waals surface area contributed by atoms with Crippen LogP contribution < -0.4 is 0 Å². The fourth-order valence-electron chi connectivity index (χ4n) is 3.36. The molecule has 1 aliphatic rings. The molecule has 2 heterocycles. The van der Waals surface area contributed by atoms with Crippen molar-refractivity contribution in [3.05, 3.63) is 41.7 Å². The zero-order chi connectivity index (χ0) is 17.5. The molecule has 1 aromatic rings. The van der Waals surface area contributed by atoms with Gasteiger partial charge in [0.1, 0.15) is 0 Å². The molecular formula is C19H27ClN2OS. The number of hydrogen-bond donors (Lipinski definition) is 0. The van der Waals surface area contributed by atoms with Crippen molar-refractivity contribution in [1.82, 2.24) is 9.88 Å². The van der Waals surface area contributed by atoms with E-state index in [2.05, 4.69) is 30.3 Å². The van der Waals surface area contributed by atoms with E-state index in [0.29, 0.717) is 5.02 Å². The molecule has 1 saturated heterocycles. The van der Waals surface area contributed by atoms with Crippen molar-refractivity contribution in [3.8, 4) is 0 Å². The molecule has 3 nitrogen and oxygen atoms in total. The molecule has 24 heavy (non-hydrogen) atoms. The molecule has 1 amide bonds. The van der Waals surface area contributed by atoms with E-state index in [1.165, 1.54) is 0 Å². The third-order valence-electron chi connectivity index (χ3n) is 4.65. The summed E-state index contributed by atoms with van der Waals surface area (Å²) in [5, 5.41) is 0.630. The molecule has 0 saturated carbocycles. The van der Waals surface area contributed by atoms with Crippen LogP contribution >= 0.6 is 23.4 Å². The molecule has 1 aliphatic heterocycles. The van der Waals surface area contributed by atoms with Gasteiger partial charge in [0, 0.05) is 23.9 Å². The Kier molecular flexibility index (Phi) is 7.63. The lowest BCUT2D eigenvalue weighted by molar-refractivity contribution is -0.144. The molecule has 1 aromatic heterocycles. The van der Waals surface area contributed by atoms with Crippen molar-refractivity contribution in [2.45, 2.75) is 51.6 Å². The minimum atomic E-state index is 0.0539. The van der Waals surface area contributed by atoms with E-state index in [1.54, 1.807) is 6.20 Å². The van der Waals surface area contributed by atoms with Gasteiger partial charge in [-0.15, -0.1) is 6.58 Å². The summed E-state index contributed by atoms with van der Waals surface area (Å²) in [4.78, 5) is 19.8. The summed E-state index contributed by atoms with van der Waals surface area (Å²) in [7, 11) is 0. The van der Waals surface area contributed by atoms with Gasteiger partial charge in [0.2, 0.25) is 5.91 Å². The highest BCUT2D eigenvalue weighted by Crippen LogP contribution is 2.37. The van der Waals surface area contributed by atoms with Crippen LogP contribution in [-0.2, 0) is 4.79 Å². The van der Waals surface area contributed by atoms with Crippen LogP contribution in [0.3, 0.4) is 0 Å². The lowest BCUT2D eigenvalue weighted by Gasteiger charge is -2.43. The first-order chi connectivity index (χ1) is 11.6. The number of pyridine rings is 1. The Morgan fingerprint density at radius 1 is 1.46 bits per heavy atom. The third kappa shape index (κ3) is 4.54. The van der Waals surface area contributed by atoms with Gasteiger partial charge in [-0.05, 0) is 43.6 Å². The van der Waals surface area contributed by atoms with Gasteiger partial charge in [0.15, 0.2) is 0 Å². The minimum absolute atomic E-state index is 0.0539. The van der Waals surface area contributed by atoms with E-state index in [0.717, 1.165) is 42.9 Å². The van der Waals surface area contributed by atoms with Crippen LogP contribution in [-0.4, -0.2) is 33.3 Å². The zero-order valence-electron chi connectivity index (χ0n) is 14.6. The summed E-state index contributed by atoms with van der Waals surface area (Å²) in [6.07, 6.45) is 7.11. The number of allylic oxidation sites excluding steroid dienone is 1. The molecule has 0 aliphatic carbocycles. The average molecular weight is 367 g/mol. The first-order valence-corrected chi connectivity index (χ1v) is 10.3. The predicted molar refractivity (Wildman–Crippen MR) is 103 cm³/mol. The maximum atomic E-state index is 13.1. The van der Waals surface area contributed by atoms with E-state index in [9.17, 15) is 4.79 Å². The fraction of sp³-hybridized carbons (Fsp3) is 0.579. The van der Waals surface area contributed by atoms with Crippen LogP contribution in [0.5, 0.6) is 0 Å². The molecule has 1 fully saturated rings. The zero-order valence-corrected chi connectivity index (χ0v) is 16.2. The molecule has 0 N–H and O–H groups in total. The molecule has 0 bridgehead atoms. The Bertz CT molecular complexity index is 549. The van der Waals surface area contributed by atoms with Gasteiger partial charge < -0.3 is 4.90 Å². The fourth-order valence-corrected chi connectivity index (χ4v) is 4.38. The predicted octanol–water partition coefficient (Wildman–Crippen LogP) is 5.12. The summed E-state index contributed by atoms with van der Waals surface area (Å²) >= 11 is 7.88. The van der Waals surface area contributed by atoms with Crippen LogP contribution in [0.1, 0.15) is 51.3 Å². The van der Waals surface area contributed by atoms with Crippen molar-refractivity contribution >= 4 is 29.3 Å². The number of amides is 1. The smallest absolute Gasteiger partial charge is 0.226 e. The Morgan fingerprint density at radius 3 is 2.83 bits per heavy atom. The third-order valence-corrected chi connectivity index (χ3v) is 5.90. The molecular weight excluding hydrogens is 340 g/mol. The SMILES string of the molecule is C=CCC1CCC(c2ccc(Cl)cn2)N(C(CC)CSCC)C1=O. The second-order valence-electron chi connectivity index (χ2n) is 6.18. The van der Waals surface area contributed by atoms with Crippen molar-refractivity contribution in [3.63, 3.8) is 0 Å². The van der Waals surface area contributed by atoms with Crippen molar-refractivity contribution in [2.24, 2.45) is 5.92 Å². The van der Waals surface area contributed by atoms with Crippen LogP contribution in [0.2, 0.25) is 5.02 Å². The topological polar surface area (TPSA) is 33.2 Å². The monoisotopic (exact) mass is 366 g/mol. The largest absolute Gasteiger partial charge is 0.330 e. The lowest BCUT2D eigenvalue weighted by atomic mass is 9.86. The highest BCUT2D eigenvalue weighted by Gasteiger charge is 2.39. The highest BCUT2D eigenvalue weighted by atomic mass is 35.5. The highest BCUT2D eigenvalue weighted by molar-refractivity contribution is 7.99. The van der Waals surface area contributed by atoms with E-state index in [4.69, 9.17) is 11.6 Å². The van der Waals surface area contributed by atoms with E-state index < -0.39 is 0 Å². The number of nitrogens with zero attached hydrogens (tertiary/aromatic N) is 2. The summed E-state index contributed by atoms with van der Waals surface area (Å²) in [5.74, 6) is 2.36. The second-order valence-corrected chi connectivity index (χ2v) is 7.94. The standard InChI is InChI=1S/C19H27ClN2OS/c1-4-7-14-8-11-18(17-10-9-15(20)12-21-17)22(19(14)23)16(5-2)13-24-6-3/h4,9-10,12,14,16,18H,1,5-8,11,13H2,2-3H3. The van der Waals surface area contributed by atoms with Crippen LogP contribution in [0.25, 0.3) is 0 Å². The minimum Gasteiger partial charge on any atom is -0.330 e. The number of hydrogen-bond acceptors (Lipinski definition) is 3. The quantitative estimate of drug-likeness (QED) is 0.598. The Balaban J connectivity index is 2.30. The van der Waals surface area contributed by atoms with Gasteiger partial charge in [-0.1, -0.05) is 31.5 Å². The van der Waals surface area contributed by atoms with E-state index in [1.807, 2.05) is 30.0 Å². The number of likely N-dealkylation sites (tertiary alicyclic amines) is 1. The molecule has 0 aromatic carbocycles. The Hall–Kier alpha value is -1.00. The van der Waals surface area contributed by atoms with Gasteiger partial charge >= 0.3 is 0 Å². The van der Waals surface area contributed by atoms with Gasteiger partial charge in [-0.3, -0.25) is 9.78 Å². The van der Waals surface area contributed by atoms with Crippen LogP contribution in [0, 0.1) is 5.92 Å². The second kappa shape index (κ2) is 9.47. The van der Waals surface area contributed by atoms with Crippen molar-refractivity contribution < 1.29 is 4.79 Å². The van der Waals surface area contributed by atoms with Crippen molar-refractivity contribution in [2.75, 3.05) is 11.5 Å². The van der Waals surface area contributed by atoms with E-state index in [-0.39, 0.29) is 23.9 Å². The van der Waals surface area contributed by atoms with E-state index >= 15 is 0 Å². The molecule has 0 spiro atoms. The molecule has 5 heteroatoms. The molecule has 3 atom stereocenters. The molecule has 132 valence electrons. The molecule has 0 radical (unpaired) electrons. The number of rotatable bonds is 8. The lowest BCUT2D eigenvalue weighted by Crippen LogP contribution is -2.50. The number of carbonyl (C=O) groups excluding carboxylic acids is 1. The maximum Gasteiger partial charge on any atom is 0.226 e. The number of carbonyl (C=O) groups is 1. The maximum absolute atomic E-state index is 13.1.